The Bertz CT molecular complexity index is 976. The normalized spacial score (nSPS) is 16.0. The summed E-state index contributed by atoms with van der Waals surface area (Å²) in [6.45, 7) is 6.65. The number of benzene rings is 2. The lowest BCUT2D eigenvalue weighted by molar-refractivity contribution is -0.113. The highest BCUT2D eigenvalue weighted by atomic mass is 79.9. The molecule has 1 atom stereocenters. The van der Waals surface area contributed by atoms with E-state index in [9.17, 15) is 4.79 Å². The van der Waals surface area contributed by atoms with Gasteiger partial charge in [0.25, 0.3) is 0 Å². The third-order valence-electron chi connectivity index (χ3n) is 4.65. The highest BCUT2D eigenvalue weighted by Crippen LogP contribution is 2.41. The van der Waals surface area contributed by atoms with Gasteiger partial charge in [-0.3, -0.25) is 4.79 Å². The Morgan fingerprint density at radius 1 is 1.13 bits per heavy atom. The van der Waals surface area contributed by atoms with Crippen LogP contribution in [-0.4, -0.2) is 24.1 Å². The number of nitrogens with one attached hydrogen (secondary N) is 2. The van der Waals surface area contributed by atoms with Crippen molar-refractivity contribution in [2.75, 3.05) is 13.2 Å². The number of halogens is 1. The fourth-order valence-corrected chi connectivity index (χ4v) is 4.15. The first kappa shape index (κ1) is 22.3. The summed E-state index contributed by atoms with van der Waals surface area (Å²) < 4.78 is 12.5. The van der Waals surface area contributed by atoms with Crippen molar-refractivity contribution < 1.29 is 14.3 Å². The van der Waals surface area contributed by atoms with Gasteiger partial charge in [0.2, 0.25) is 0 Å². The predicted molar refractivity (Wildman–Crippen MR) is 127 cm³/mol. The van der Waals surface area contributed by atoms with Gasteiger partial charge in [-0.25, -0.2) is 0 Å². The van der Waals surface area contributed by atoms with Crippen LogP contribution >= 0.6 is 28.1 Å². The number of Topliss-reactive ketones (excluding diaryl/α,β-unsaturated/α-hetero) is 1. The molecule has 7 heteroatoms. The van der Waals surface area contributed by atoms with Gasteiger partial charge in [0, 0.05) is 10.0 Å². The van der Waals surface area contributed by atoms with Gasteiger partial charge < -0.3 is 20.1 Å². The maximum atomic E-state index is 12.8. The van der Waals surface area contributed by atoms with Crippen LogP contribution in [0.4, 0.5) is 0 Å². The minimum absolute atomic E-state index is 0.0440. The van der Waals surface area contributed by atoms with Crippen LogP contribution in [0.25, 0.3) is 5.70 Å². The van der Waals surface area contributed by atoms with Crippen molar-refractivity contribution in [2.24, 2.45) is 0 Å². The first-order valence-electron chi connectivity index (χ1n) is 9.93. The second-order valence-corrected chi connectivity index (χ2v) is 8.11. The predicted octanol–water partition coefficient (Wildman–Crippen LogP) is 5.16. The first-order valence-corrected chi connectivity index (χ1v) is 11.1. The van der Waals surface area contributed by atoms with Gasteiger partial charge >= 0.3 is 0 Å². The third kappa shape index (κ3) is 4.84. The molecule has 2 aromatic carbocycles. The molecule has 1 aliphatic rings. The quantitative estimate of drug-likeness (QED) is 0.500. The molecule has 158 valence electrons. The summed E-state index contributed by atoms with van der Waals surface area (Å²) in [5.74, 6) is 1.26. The Morgan fingerprint density at radius 2 is 1.83 bits per heavy atom. The average molecular weight is 489 g/mol. The van der Waals surface area contributed by atoms with E-state index in [1.165, 1.54) is 0 Å². The van der Waals surface area contributed by atoms with E-state index in [4.69, 9.17) is 21.7 Å². The second kappa shape index (κ2) is 10.1. The minimum Gasteiger partial charge on any atom is -0.490 e. The number of carbonyl (C=O) groups is 1. The van der Waals surface area contributed by atoms with Crippen LogP contribution in [0.15, 0.2) is 52.5 Å². The maximum absolute atomic E-state index is 12.8. The number of carbonyl (C=O) groups excluding carboxylic acids is 1. The number of rotatable bonds is 8. The molecule has 2 aromatic rings. The van der Waals surface area contributed by atoms with Crippen molar-refractivity contribution in [1.82, 2.24) is 10.6 Å². The molecule has 30 heavy (non-hydrogen) atoms. The topological polar surface area (TPSA) is 59.6 Å². The molecule has 0 saturated carbocycles. The van der Waals surface area contributed by atoms with Crippen LogP contribution in [0.1, 0.15) is 44.4 Å². The van der Waals surface area contributed by atoms with Crippen molar-refractivity contribution in [3.63, 3.8) is 0 Å². The molecule has 2 N–H and O–H groups in total. The molecule has 0 fully saturated rings. The van der Waals surface area contributed by atoms with Crippen LogP contribution in [0.2, 0.25) is 0 Å². The van der Waals surface area contributed by atoms with E-state index < -0.39 is 6.04 Å². The molecule has 1 heterocycles. The summed E-state index contributed by atoms with van der Waals surface area (Å²) in [7, 11) is 0. The molecule has 0 spiro atoms. The van der Waals surface area contributed by atoms with Gasteiger partial charge in [0.05, 0.1) is 25.0 Å². The smallest absolute Gasteiger partial charge is 0.171 e. The number of hydrogen-bond acceptors (Lipinski definition) is 4. The molecular formula is C23H25BrN2O3S. The van der Waals surface area contributed by atoms with Gasteiger partial charge in [-0.05, 0) is 55.7 Å². The number of ketones is 1. The first-order chi connectivity index (χ1) is 14.5. The lowest BCUT2D eigenvalue weighted by Crippen LogP contribution is -2.44. The molecule has 0 saturated heterocycles. The number of hydrogen-bond donors (Lipinski definition) is 2. The van der Waals surface area contributed by atoms with Crippen molar-refractivity contribution in [1.29, 1.82) is 0 Å². The fraction of sp³-hybridized carbons (Fsp3) is 0.304. The van der Waals surface area contributed by atoms with Crippen molar-refractivity contribution in [3.8, 4) is 11.5 Å². The highest BCUT2D eigenvalue weighted by Gasteiger charge is 2.32. The average Bonchev–Trinajstić information content (AvgIpc) is 2.73. The third-order valence-corrected chi connectivity index (χ3v) is 5.56. The van der Waals surface area contributed by atoms with Gasteiger partial charge in [0.15, 0.2) is 22.4 Å². The lowest BCUT2D eigenvalue weighted by Gasteiger charge is -2.32. The number of ether oxygens (including phenoxy) is 2. The molecule has 0 aliphatic carbocycles. The zero-order chi connectivity index (χ0) is 21.7. The monoisotopic (exact) mass is 488 g/mol. The van der Waals surface area contributed by atoms with Gasteiger partial charge in [0.1, 0.15) is 0 Å². The van der Waals surface area contributed by atoms with Crippen LogP contribution in [-0.2, 0) is 4.79 Å². The van der Waals surface area contributed by atoms with Crippen LogP contribution in [0, 0.1) is 0 Å². The maximum Gasteiger partial charge on any atom is 0.171 e. The second-order valence-electron chi connectivity index (χ2n) is 6.84. The SMILES string of the molecule is CCCOc1cc(Br)c([C@@H]2NC(=S)NC(c3ccccc3)=C2C(C)=O)cc1OCC. The summed E-state index contributed by atoms with van der Waals surface area (Å²) >= 11 is 9.13. The van der Waals surface area contributed by atoms with Gasteiger partial charge in [-0.15, -0.1) is 0 Å². The van der Waals surface area contributed by atoms with Gasteiger partial charge in [-0.2, -0.15) is 0 Å². The zero-order valence-electron chi connectivity index (χ0n) is 17.3. The Labute approximate surface area is 191 Å². The Hall–Kier alpha value is -2.38. The van der Waals surface area contributed by atoms with E-state index in [0.29, 0.717) is 41.1 Å². The van der Waals surface area contributed by atoms with E-state index in [-0.39, 0.29) is 5.78 Å². The van der Waals surface area contributed by atoms with Crippen molar-refractivity contribution >= 4 is 44.7 Å². The highest BCUT2D eigenvalue weighted by molar-refractivity contribution is 9.10. The largest absolute Gasteiger partial charge is 0.490 e. The van der Waals surface area contributed by atoms with E-state index in [0.717, 1.165) is 22.0 Å². The van der Waals surface area contributed by atoms with E-state index >= 15 is 0 Å². The molecule has 0 amide bonds. The van der Waals surface area contributed by atoms with Gasteiger partial charge in [-0.1, -0.05) is 53.2 Å². The molecule has 3 rings (SSSR count). The van der Waals surface area contributed by atoms with Crippen LogP contribution < -0.4 is 20.1 Å². The van der Waals surface area contributed by atoms with Crippen LogP contribution in [0.5, 0.6) is 11.5 Å². The van der Waals surface area contributed by atoms with E-state index in [2.05, 4.69) is 33.5 Å². The standard InChI is InChI=1S/C23H25BrN2O3S/c1-4-11-29-19-13-17(24)16(12-18(19)28-5-2)22-20(14(3)27)21(25-23(30)26-22)15-9-7-6-8-10-15/h6-10,12-13,22H,4-5,11H2,1-3H3,(H2,25,26,30)/t22-/m0/s1. The summed E-state index contributed by atoms with van der Waals surface area (Å²) in [5.41, 5.74) is 3.08. The Morgan fingerprint density at radius 3 is 2.47 bits per heavy atom. The molecule has 0 radical (unpaired) electrons. The molecule has 0 aromatic heterocycles. The molecular weight excluding hydrogens is 464 g/mol. The molecule has 0 bridgehead atoms. The van der Waals surface area contributed by atoms with Crippen molar-refractivity contribution in [2.45, 2.75) is 33.2 Å². The fourth-order valence-electron chi connectivity index (χ4n) is 3.37. The van der Waals surface area contributed by atoms with Crippen LogP contribution in [0.3, 0.4) is 0 Å². The molecule has 1 aliphatic heterocycles. The van der Waals surface area contributed by atoms with E-state index in [1.807, 2.05) is 49.4 Å². The number of thiocarbonyl (C=S) groups is 1. The minimum atomic E-state index is -0.430. The summed E-state index contributed by atoms with van der Waals surface area (Å²) in [6.07, 6.45) is 0.896. The lowest BCUT2D eigenvalue weighted by atomic mass is 9.90. The van der Waals surface area contributed by atoms with E-state index in [1.54, 1.807) is 6.92 Å². The Kier molecular flexibility index (Phi) is 7.50. The molecule has 0 unspecified atom stereocenters. The summed E-state index contributed by atoms with van der Waals surface area (Å²) in [4.78, 5) is 12.8. The zero-order valence-corrected chi connectivity index (χ0v) is 19.7. The van der Waals surface area contributed by atoms with Crippen molar-refractivity contribution in [3.05, 3.63) is 63.6 Å². The molecule has 5 nitrogen and oxygen atoms in total. The summed E-state index contributed by atoms with van der Waals surface area (Å²) in [5, 5.41) is 6.88. The Balaban J connectivity index is 2.15. The summed E-state index contributed by atoms with van der Waals surface area (Å²) in [6, 6.07) is 13.1.